The van der Waals surface area contributed by atoms with Crippen molar-refractivity contribution in [2.24, 2.45) is 0 Å². The zero-order valence-electron chi connectivity index (χ0n) is 30.5. The van der Waals surface area contributed by atoms with E-state index in [1.807, 2.05) is 0 Å². The van der Waals surface area contributed by atoms with Gasteiger partial charge in [0, 0.05) is 38.3 Å². The van der Waals surface area contributed by atoms with Crippen LogP contribution in [0, 0.1) is 0 Å². The van der Waals surface area contributed by atoms with Gasteiger partial charge in [-0.25, -0.2) is 0 Å². The maximum absolute atomic E-state index is 2.54. The van der Waals surface area contributed by atoms with Crippen molar-refractivity contribution in [2.45, 2.75) is 31.1 Å². The van der Waals surface area contributed by atoms with Crippen LogP contribution in [0.25, 0.3) is 88.4 Å². The number of benzene rings is 8. The van der Waals surface area contributed by atoms with Gasteiger partial charge in [0.25, 0.3) is 0 Å². The third kappa shape index (κ3) is 4.37. The molecule has 1 spiro atoms. The monoisotopic (exact) mass is 702 g/mol. The molecule has 0 unspecified atom stereocenters. The van der Waals surface area contributed by atoms with Crippen LogP contribution in [0.2, 0.25) is 0 Å². The molecule has 0 atom stereocenters. The van der Waals surface area contributed by atoms with Crippen LogP contribution in [-0.4, -0.2) is 9.13 Å². The summed E-state index contributed by atoms with van der Waals surface area (Å²) in [5.74, 6) is 0. The molecule has 0 saturated heterocycles. The lowest BCUT2D eigenvalue weighted by Crippen LogP contribution is -2.20. The molecule has 2 heterocycles. The van der Waals surface area contributed by atoms with Gasteiger partial charge in [-0.05, 0) is 106 Å². The van der Waals surface area contributed by atoms with Crippen molar-refractivity contribution >= 4 is 43.6 Å². The lowest BCUT2D eigenvalue weighted by atomic mass is 9.77. The standard InChI is InChI=1S/C53H38N2/c1-2-12-35(13-3-1)36-20-22-37(23-21-36)38-24-26-39(27-25-38)54-47-18-8-5-15-43(47)51-49(54)30-31-50-52(51)44-16-6-9-19-48(44)55(50)40-28-29-42-41-14-4-7-17-45(41)53(46(42)34-40)32-10-11-33-53/h1-9,12-31,34H,10-11,32-33H2. The molecule has 0 aliphatic heterocycles. The molecule has 1 saturated carbocycles. The highest BCUT2D eigenvalue weighted by Gasteiger charge is 2.45. The van der Waals surface area contributed by atoms with Gasteiger partial charge in [-0.1, -0.05) is 146 Å². The Morgan fingerprint density at radius 3 is 1.45 bits per heavy atom. The molecule has 10 aromatic rings. The SMILES string of the molecule is c1ccc(-c2ccc(-c3ccc(-n4c5ccccc5c5c6c7ccccc7n(-c7ccc8c(c7)C7(CCCC7)c7ccccc7-8)c6ccc54)cc3)cc2)cc1. The van der Waals surface area contributed by atoms with Crippen molar-refractivity contribution in [1.82, 2.24) is 9.13 Å². The number of para-hydroxylation sites is 2. The van der Waals surface area contributed by atoms with Crippen LogP contribution in [0.3, 0.4) is 0 Å². The van der Waals surface area contributed by atoms with E-state index < -0.39 is 0 Å². The molecule has 55 heavy (non-hydrogen) atoms. The number of aromatic nitrogens is 2. The van der Waals surface area contributed by atoms with Crippen LogP contribution in [0.15, 0.2) is 182 Å². The summed E-state index contributed by atoms with van der Waals surface area (Å²) in [7, 11) is 0. The van der Waals surface area contributed by atoms with Crippen molar-refractivity contribution in [3.63, 3.8) is 0 Å². The lowest BCUT2D eigenvalue weighted by Gasteiger charge is -2.27. The fourth-order valence-corrected chi connectivity index (χ4v) is 10.5. The van der Waals surface area contributed by atoms with Gasteiger partial charge in [0.05, 0.1) is 22.1 Å². The fourth-order valence-electron chi connectivity index (χ4n) is 10.5. The molecule has 0 amide bonds. The van der Waals surface area contributed by atoms with Crippen molar-refractivity contribution in [2.75, 3.05) is 0 Å². The Hall–Kier alpha value is -6.64. The Morgan fingerprint density at radius 2 is 0.818 bits per heavy atom. The summed E-state index contributed by atoms with van der Waals surface area (Å²) in [6.45, 7) is 0. The second-order valence-electron chi connectivity index (χ2n) is 15.6. The van der Waals surface area contributed by atoms with Crippen LogP contribution in [-0.2, 0) is 5.41 Å². The van der Waals surface area contributed by atoms with Gasteiger partial charge in [-0.15, -0.1) is 0 Å². The normalized spacial score (nSPS) is 14.4. The molecule has 260 valence electrons. The molecular formula is C53H38N2. The predicted molar refractivity (Wildman–Crippen MR) is 231 cm³/mol. The van der Waals surface area contributed by atoms with E-state index in [0.29, 0.717) is 0 Å². The number of hydrogen-bond donors (Lipinski definition) is 0. The van der Waals surface area contributed by atoms with Crippen LogP contribution in [0.1, 0.15) is 36.8 Å². The van der Waals surface area contributed by atoms with Gasteiger partial charge < -0.3 is 9.13 Å². The number of rotatable bonds is 4. The molecule has 8 aromatic carbocycles. The average molecular weight is 703 g/mol. The third-order valence-corrected chi connectivity index (χ3v) is 12.9. The minimum Gasteiger partial charge on any atom is -0.309 e. The highest BCUT2D eigenvalue weighted by Crippen LogP contribution is 2.57. The molecule has 0 radical (unpaired) electrons. The molecule has 2 nitrogen and oxygen atoms in total. The van der Waals surface area contributed by atoms with Gasteiger partial charge in [0.15, 0.2) is 0 Å². The zero-order chi connectivity index (χ0) is 36.1. The first-order valence-corrected chi connectivity index (χ1v) is 19.7. The summed E-state index contributed by atoms with van der Waals surface area (Å²) in [6, 6.07) is 67.7. The number of fused-ring (bicyclic) bond motifs is 12. The Kier molecular flexibility index (Phi) is 6.54. The fraction of sp³-hybridized carbons (Fsp3) is 0.0943. The second-order valence-corrected chi connectivity index (χ2v) is 15.6. The molecule has 2 aliphatic carbocycles. The highest BCUT2D eigenvalue weighted by atomic mass is 15.0. The van der Waals surface area contributed by atoms with Gasteiger partial charge in [-0.2, -0.15) is 0 Å². The van der Waals surface area contributed by atoms with Crippen molar-refractivity contribution in [3.05, 3.63) is 193 Å². The van der Waals surface area contributed by atoms with E-state index in [1.165, 1.54) is 125 Å². The summed E-state index contributed by atoms with van der Waals surface area (Å²) in [6.07, 6.45) is 5.05. The molecule has 0 N–H and O–H groups in total. The lowest BCUT2D eigenvalue weighted by molar-refractivity contribution is 0.549. The Morgan fingerprint density at radius 1 is 0.345 bits per heavy atom. The summed E-state index contributed by atoms with van der Waals surface area (Å²) in [4.78, 5) is 0. The van der Waals surface area contributed by atoms with Gasteiger partial charge in [-0.3, -0.25) is 0 Å². The van der Waals surface area contributed by atoms with E-state index in [1.54, 1.807) is 0 Å². The van der Waals surface area contributed by atoms with Crippen molar-refractivity contribution in [3.8, 4) is 44.8 Å². The minimum atomic E-state index is 0.128. The second kappa shape index (κ2) is 11.7. The first kappa shape index (κ1) is 30.8. The van der Waals surface area contributed by atoms with E-state index >= 15 is 0 Å². The van der Waals surface area contributed by atoms with Crippen molar-refractivity contribution in [1.29, 1.82) is 0 Å². The van der Waals surface area contributed by atoms with Crippen LogP contribution in [0.5, 0.6) is 0 Å². The smallest absolute Gasteiger partial charge is 0.0548 e. The predicted octanol–water partition coefficient (Wildman–Crippen LogP) is 14.1. The topological polar surface area (TPSA) is 9.86 Å². The average Bonchev–Trinajstić information content (AvgIpc) is 4.02. The van der Waals surface area contributed by atoms with Gasteiger partial charge >= 0.3 is 0 Å². The number of hydrogen-bond acceptors (Lipinski definition) is 0. The van der Waals surface area contributed by atoms with E-state index in [2.05, 4.69) is 191 Å². The van der Waals surface area contributed by atoms with Crippen LogP contribution >= 0.6 is 0 Å². The third-order valence-electron chi connectivity index (χ3n) is 12.9. The Labute approximate surface area is 320 Å². The zero-order valence-corrected chi connectivity index (χ0v) is 30.5. The maximum atomic E-state index is 2.54. The van der Waals surface area contributed by atoms with Crippen LogP contribution < -0.4 is 0 Å². The van der Waals surface area contributed by atoms with E-state index in [4.69, 9.17) is 0 Å². The molecular weight excluding hydrogens is 665 g/mol. The summed E-state index contributed by atoms with van der Waals surface area (Å²) in [5.41, 5.74) is 18.3. The van der Waals surface area contributed by atoms with Crippen LogP contribution in [0.4, 0.5) is 0 Å². The number of nitrogens with zero attached hydrogens (tertiary/aromatic N) is 2. The minimum absolute atomic E-state index is 0.128. The summed E-state index contributed by atoms with van der Waals surface area (Å²) >= 11 is 0. The van der Waals surface area contributed by atoms with Crippen molar-refractivity contribution < 1.29 is 0 Å². The molecule has 2 aromatic heterocycles. The Bertz CT molecular complexity index is 3120. The molecule has 2 aliphatic rings. The first-order chi connectivity index (χ1) is 27.3. The molecule has 2 heteroatoms. The summed E-state index contributed by atoms with van der Waals surface area (Å²) in [5, 5.41) is 5.20. The largest absolute Gasteiger partial charge is 0.309 e. The molecule has 12 rings (SSSR count). The summed E-state index contributed by atoms with van der Waals surface area (Å²) < 4.78 is 4.98. The highest BCUT2D eigenvalue weighted by molar-refractivity contribution is 6.28. The Balaban J connectivity index is 1.03. The first-order valence-electron chi connectivity index (χ1n) is 19.7. The van der Waals surface area contributed by atoms with E-state index in [-0.39, 0.29) is 5.41 Å². The molecule has 0 bridgehead atoms. The van der Waals surface area contributed by atoms with Gasteiger partial charge in [0.1, 0.15) is 0 Å². The van der Waals surface area contributed by atoms with E-state index in [0.717, 1.165) is 0 Å². The van der Waals surface area contributed by atoms with Gasteiger partial charge in [0.2, 0.25) is 0 Å². The maximum Gasteiger partial charge on any atom is 0.0548 e. The quantitative estimate of drug-likeness (QED) is 0.173. The molecule has 1 fully saturated rings. The van der Waals surface area contributed by atoms with E-state index in [9.17, 15) is 0 Å².